The molecule has 0 radical (unpaired) electrons. The zero-order valence-electron chi connectivity index (χ0n) is 18.9. The Labute approximate surface area is 189 Å². The molecule has 0 amide bonds. The van der Waals surface area contributed by atoms with E-state index in [-0.39, 0.29) is 23.8 Å². The molecule has 5 nitrogen and oxygen atoms in total. The standard InChI is InChI=1S/C26H28BNO4/c1-25(2)26(3,4)32-27(31-25)21-11-8-12-23(17-21)28-22-15-13-20(14-16-22)24(29)30-18-19-9-6-5-7-10-19/h5-17,28H,18H2,1-4H3. The van der Waals surface area contributed by atoms with Gasteiger partial charge in [-0.2, -0.15) is 0 Å². The second-order valence-corrected chi connectivity index (χ2v) is 8.98. The van der Waals surface area contributed by atoms with E-state index in [1.165, 1.54) is 0 Å². The fourth-order valence-electron chi connectivity index (χ4n) is 3.40. The van der Waals surface area contributed by atoms with Crippen LogP contribution in [0.3, 0.4) is 0 Å². The van der Waals surface area contributed by atoms with Crippen molar-refractivity contribution in [3.8, 4) is 0 Å². The van der Waals surface area contributed by atoms with E-state index in [1.807, 2.05) is 94.4 Å². The van der Waals surface area contributed by atoms with Crippen LogP contribution in [0.2, 0.25) is 0 Å². The third-order valence-electron chi connectivity index (χ3n) is 6.03. The van der Waals surface area contributed by atoms with Crippen LogP contribution in [-0.4, -0.2) is 24.3 Å². The molecule has 3 aromatic carbocycles. The molecule has 0 atom stereocenters. The first-order chi connectivity index (χ1) is 15.2. The minimum absolute atomic E-state index is 0.255. The van der Waals surface area contributed by atoms with E-state index in [9.17, 15) is 4.79 Å². The Kier molecular flexibility index (Phi) is 6.09. The van der Waals surface area contributed by atoms with Crippen LogP contribution >= 0.6 is 0 Å². The van der Waals surface area contributed by atoms with Crippen LogP contribution in [0.25, 0.3) is 0 Å². The van der Waals surface area contributed by atoms with Gasteiger partial charge in [0.05, 0.1) is 16.8 Å². The smallest absolute Gasteiger partial charge is 0.457 e. The zero-order chi connectivity index (χ0) is 22.8. The van der Waals surface area contributed by atoms with E-state index in [4.69, 9.17) is 14.0 Å². The summed E-state index contributed by atoms with van der Waals surface area (Å²) in [5.74, 6) is -0.344. The number of hydrogen-bond donors (Lipinski definition) is 1. The molecule has 3 aromatic rings. The molecule has 6 heteroatoms. The van der Waals surface area contributed by atoms with Crippen molar-refractivity contribution >= 4 is 29.9 Å². The molecule has 1 fully saturated rings. The summed E-state index contributed by atoms with van der Waals surface area (Å²) in [7, 11) is -0.413. The zero-order valence-corrected chi connectivity index (χ0v) is 18.9. The van der Waals surface area contributed by atoms with E-state index in [0.29, 0.717) is 5.56 Å². The van der Waals surface area contributed by atoms with E-state index in [0.717, 1.165) is 22.4 Å². The fourth-order valence-corrected chi connectivity index (χ4v) is 3.40. The average molecular weight is 429 g/mol. The largest absolute Gasteiger partial charge is 0.494 e. The Balaban J connectivity index is 1.39. The highest BCUT2D eigenvalue weighted by molar-refractivity contribution is 6.62. The summed E-state index contributed by atoms with van der Waals surface area (Å²) in [6, 6.07) is 24.8. The van der Waals surface area contributed by atoms with Gasteiger partial charge in [0.25, 0.3) is 0 Å². The van der Waals surface area contributed by atoms with Crippen LogP contribution in [-0.2, 0) is 20.7 Å². The molecule has 1 heterocycles. The molecule has 0 aromatic heterocycles. The summed E-state index contributed by atoms with van der Waals surface area (Å²) >= 11 is 0. The second-order valence-electron chi connectivity index (χ2n) is 8.98. The van der Waals surface area contributed by atoms with Crippen LogP contribution in [0.1, 0.15) is 43.6 Å². The lowest BCUT2D eigenvalue weighted by atomic mass is 9.79. The van der Waals surface area contributed by atoms with E-state index in [2.05, 4.69) is 5.32 Å². The number of carbonyl (C=O) groups excluding carboxylic acids is 1. The number of anilines is 2. The van der Waals surface area contributed by atoms with Gasteiger partial charge in [0.1, 0.15) is 6.61 Å². The van der Waals surface area contributed by atoms with Gasteiger partial charge >= 0.3 is 13.1 Å². The predicted octanol–water partition coefficient (Wildman–Crippen LogP) is 5.09. The number of carbonyl (C=O) groups is 1. The molecule has 1 saturated heterocycles. The number of ether oxygens (including phenoxy) is 1. The van der Waals surface area contributed by atoms with Crippen LogP contribution in [0.15, 0.2) is 78.9 Å². The maximum Gasteiger partial charge on any atom is 0.494 e. The summed E-state index contributed by atoms with van der Waals surface area (Å²) in [6.45, 7) is 8.43. The molecule has 0 bridgehead atoms. The van der Waals surface area contributed by atoms with Crippen molar-refractivity contribution in [1.82, 2.24) is 0 Å². The molecule has 4 rings (SSSR count). The highest BCUT2D eigenvalue weighted by Gasteiger charge is 2.51. The first kappa shape index (κ1) is 22.1. The topological polar surface area (TPSA) is 56.8 Å². The summed E-state index contributed by atoms with van der Waals surface area (Å²) in [5, 5.41) is 3.37. The molecule has 1 aliphatic rings. The normalized spacial score (nSPS) is 16.6. The van der Waals surface area contributed by atoms with Crippen molar-refractivity contribution in [3.63, 3.8) is 0 Å². The molecular weight excluding hydrogens is 401 g/mol. The average Bonchev–Trinajstić information content (AvgIpc) is 3.00. The monoisotopic (exact) mass is 429 g/mol. The van der Waals surface area contributed by atoms with Crippen LogP contribution in [0.5, 0.6) is 0 Å². The Morgan fingerprint density at radius 1 is 0.844 bits per heavy atom. The number of nitrogens with one attached hydrogen (secondary N) is 1. The lowest BCUT2D eigenvalue weighted by molar-refractivity contribution is 0.00578. The molecule has 164 valence electrons. The summed E-state index contributed by atoms with van der Waals surface area (Å²) in [4.78, 5) is 12.3. The minimum Gasteiger partial charge on any atom is -0.457 e. The minimum atomic E-state index is -0.413. The molecular formula is C26H28BNO4. The van der Waals surface area contributed by atoms with Crippen molar-refractivity contribution in [1.29, 1.82) is 0 Å². The predicted molar refractivity (Wildman–Crippen MR) is 127 cm³/mol. The Hall–Kier alpha value is -3.09. The van der Waals surface area contributed by atoms with Crippen molar-refractivity contribution in [3.05, 3.63) is 90.0 Å². The summed E-state index contributed by atoms with van der Waals surface area (Å²) < 4.78 is 17.7. The van der Waals surface area contributed by atoms with Gasteiger partial charge in [-0.3, -0.25) is 0 Å². The lowest BCUT2D eigenvalue weighted by Gasteiger charge is -2.32. The van der Waals surface area contributed by atoms with E-state index in [1.54, 1.807) is 12.1 Å². The first-order valence-corrected chi connectivity index (χ1v) is 10.8. The first-order valence-electron chi connectivity index (χ1n) is 10.8. The SMILES string of the molecule is CC1(C)OB(c2cccc(Nc3ccc(C(=O)OCc4ccccc4)cc3)c2)OC1(C)C. The number of rotatable bonds is 6. The van der Waals surface area contributed by atoms with Crippen molar-refractivity contribution in [2.45, 2.75) is 45.5 Å². The maximum atomic E-state index is 12.3. The quantitative estimate of drug-likeness (QED) is 0.437. The Morgan fingerprint density at radius 2 is 1.50 bits per heavy atom. The second kappa shape index (κ2) is 8.81. The number of esters is 1. The van der Waals surface area contributed by atoms with Crippen molar-refractivity contribution < 1.29 is 18.8 Å². The maximum absolute atomic E-state index is 12.3. The van der Waals surface area contributed by atoms with Crippen molar-refractivity contribution in [2.24, 2.45) is 0 Å². The molecule has 1 aliphatic heterocycles. The summed E-state index contributed by atoms with van der Waals surface area (Å²) in [5.41, 5.74) is 3.44. The van der Waals surface area contributed by atoms with Crippen molar-refractivity contribution in [2.75, 3.05) is 5.32 Å². The molecule has 0 aliphatic carbocycles. The van der Waals surface area contributed by atoms with Crippen LogP contribution in [0.4, 0.5) is 11.4 Å². The van der Waals surface area contributed by atoms with Gasteiger partial charge in [-0.1, -0.05) is 42.5 Å². The lowest BCUT2D eigenvalue weighted by Crippen LogP contribution is -2.41. The Bertz CT molecular complexity index is 1060. The van der Waals surface area contributed by atoms with Gasteiger partial charge in [0, 0.05) is 11.4 Å². The van der Waals surface area contributed by atoms with E-state index >= 15 is 0 Å². The number of hydrogen-bond acceptors (Lipinski definition) is 5. The van der Waals surface area contributed by atoms with Gasteiger partial charge in [-0.15, -0.1) is 0 Å². The third-order valence-corrected chi connectivity index (χ3v) is 6.03. The molecule has 0 unspecified atom stereocenters. The fraction of sp³-hybridized carbons (Fsp3) is 0.269. The molecule has 1 N–H and O–H groups in total. The van der Waals surface area contributed by atoms with Crippen LogP contribution < -0.4 is 10.8 Å². The molecule has 0 spiro atoms. The van der Waals surface area contributed by atoms with Crippen LogP contribution in [0, 0.1) is 0 Å². The Morgan fingerprint density at radius 3 is 2.16 bits per heavy atom. The summed E-state index contributed by atoms with van der Waals surface area (Å²) in [6.07, 6.45) is 0. The van der Waals surface area contributed by atoms with Gasteiger partial charge < -0.3 is 19.4 Å². The molecule has 0 saturated carbocycles. The highest BCUT2D eigenvalue weighted by Crippen LogP contribution is 2.36. The van der Waals surface area contributed by atoms with Gasteiger partial charge in [-0.05, 0) is 75.1 Å². The molecule has 32 heavy (non-hydrogen) atoms. The van der Waals surface area contributed by atoms with Gasteiger partial charge in [0.15, 0.2) is 0 Å². The number of benzene rings is 3. The third kappa shape index (κ3) is 4.87. The van der Waals surface area contributed by atoms with Gasteiger partial charge in [0.2, 0.25) is 0 Å². The van der Waals surface area contributed by atoms with E-state index < -0.39 is 7.12 Å². The van der Waals surface area contributed by atoms with Gasteiger partial charge in [-0.25, -0.2) is 4.79 Å². The highest BCUT2D eigenvalue weighted by atomic mass is 16.7.